The lowest BCUT2D eigenvalue weighted by Crippen LogP contribution is -2.44. The van der Waals surface area contributed by atoms with Crippen LogP contribution in [0.2, 0.25) is 0 Å². The number of thiazole rings is 1. The molecule has 5 heterocycles. The molecule has 8 nitrogen and oxygen atoms in total. The number of likely N-dealkylation sites (N-methyl/N-ethyl adjacent to an activating group) is 1. The second-order valence-corrected chi connectivity index (χ2v) is 9.01. The van der Waals surface area contributed by atoms with Gasteiger partial charge in [-0.1, -0.05) is 11.3 Å². The second kappa shape index (κ2) is 8.60. The number of nitrogen functional groups attached to an aromatic ring is 1. The number of hydrogen-bond donors (Lipinski definition) is 1. The fourth-order valence-corrected chi connectivity index (χ4v) is 4.46. The highest BCUT2D eigenvalue weighted by Gasteiger charge is 2.17. The number of carbonyl (C=O) groups is 1. The minimum absolute atomic E-state index is 0.0222. The molecule has 5 rings (SSSR count). The summed E-state index contributed by atoms with van der Waals surface area (Å²) in [4.78, 5) is 36.0. The zero-order chi connectivity index (χ0) is 22.1. The summed E-state index contributed by atoms with van der Waals surface area (Å²) in [5.41, 5.74) is 8.85. The van der Waals surface area contributed by atoms with Gasteiger partial charge < -0.3 is 15.5 Å². The van der Waals surface area contributed by atoms with Crippen LogP contribution in [0.5, 0.6) is 0 Å². The number of ketones is 1. The molecular weight excluding hydrogens is 422 g/mol. The summed E-state index contributed by atoms with van der Waals surface area (Å²) in [6.45, 7) is 3.80. The Morgan fingerprint density at radius 1 is 1.03 bits per heavy atom. The molecular formula is C23H23N7OS. The number of aromatic nitrogens is 4. The molecule has 162 valence electrons. The summed E-state index contributed by atoms with van der Waals surface area (Å²) in [6.07, 6.45) is 7.19. The van der Waals surface area contributed by atoms with Crippen LogP contribution in [0.4, 0.5) is 10.9 Å². The summed E-state index contributed by atoms with van der Waals surface area (Å²) < 4.78 is 0. The smallest absolute Gasteiger partial charge is 0.180 e. The van der Waals surface area contributed by atoms with Crippen molar-refractivity contribution in [1.82, 2.24) is 24.8 Å². The fourth-order valence-electron chi connectivity index (χ4n) is 3.80. The van der Waals surface area contributed by atoms with Crippen LogP contribution in [0, 0.1) is 0 Å². The van der Waals surface area contributed by atoms with Crippen molar-refractivity contribution in [3.8, 4) is 10.4 Å². The first-order chi connectivity index (χ1) is 15.5. The Hall–Kier alpha value is -3.43. The first-order valence-electron chi connectivity index (χ1n) is 10.4. The van der Waals surface area contributed by atoms with E-state index in [-0.39, 0.29) is 12.2 Å². The van der Waals surface area contributed by atoms with E-state index in [1.54, 1.807) is 30.9 Å². The van der Waals surface area contributed by atoms with E-state index in [0.29, 0.717) is 16.4 Å². The lowest BCUT2D eigenvalue weighted by Gasteiger charge is -2.33. The molecule has 1 saturated heterocycles. The second-order valence-electron chi connectivity index (χ2n) is 7.95. The summed E-state index contributed by atoms with van der Waals surface area (Å²) >= 11 is 1.42. The van der Waals surface area contributed by atoms with Crippen LogP contribution in [-0.4, -0.2) is 63.8 Å². The maximum absolute atomic E-state index is 13.0. The van der Waals surface area contributed by atoms with E-state index in [2.05, 4.69) is 36.8 Å². The highest BCUT2D eigenvalue weighted by Crippen LogP contribution is 2.29. The molecule has 0 saturated carbocycles. The number of fused-ring (bicyclic) bond motifs is 1. The molecule has 1 fully saturated rings. The van der Waals surface area contributed by atoms with Gasteiger partial charge in [0.2, 0.25) is 0 Å². The van der Waals surface area contributed by atoms with E-state index >= 15 is 0 Å². The molecule has 0 spiro atoms. The summed E-state index contributed by atoms with van der Waals surface area (Å²) in [5, 5.41) is 1.45. The molecule has 0 aromatic carbocycles. The van der Waals surface area contributed by atoms with Crippen molar-refractivity contribution in [2.75, 3.05) is 43.9 Å². The average Bonchev–Trinajstić information content (AvgIpc) is 3.25. The van der Waals surface area contributed by atoms with Crippen molar-refractivity contribution in [3.05, 3.63) is 60.3 Å². The predicted octanol–water partition coefficient (Wildman–Crippen LogP) is 2.91. The topological polar surface area (TPSA) is 101 Å². The number of carbonyl (C=O) groups excluding carboxylic acids is 1. The van der Waals surface area contributed by atoms with E-state index in [1.807, 2.05) is 18.2 Å². The molecule has 2 N–H and O–H groups in total. The maximum atomic E-state index is 13.0. The Morgan fingerprint density at radius 3 is 2.66 bits per heavy atom. The van der Waals surface area contributed by atoms with Crippen LogP contribution in [-0.2, 0) is 6.42 Å². The first kappa shape index (κ1) is 20.5. The van der Waals surface area contributed by atoms with Crippen molar-refractivity contribution in [1.29, 1.82) is 0 Å². The van der Waals surface area contributed by atoms with E-state index in [9.17, 15) is 4.79 Å². The zero-order valence-corrected chi connectivity index (χ0v) is 18.5. The number of nitrogens with two attached hydrogens (primary N) is 1. The fraction of sp³-hybridized carbons (Fsp3) is 0.261. The van der Waals surface area contributed by atoms with Crippen molar-refractivity contribution >= 4 is 39.0 Å². The van der Waals surface area contributed by atoms with E-state index in [0.717, 1.165) is 53.3 Å². The van der Waals surface area contributed by atoms with Gasteiger partial charge in [0, 0.05) is 67.0 Å². The van der Waals surface area contributed by atoms with Gasteiger partial charge in [-0.05, 0) is 31.3 Å². The molecule has 9 heteroatoms. The van der Waals surface area contributed by atoms with Crippen molar-refractivity contribution in [2.24, 2.45) is 0 Å². The first-order valence-corrected chi connectivity index (χ1v) is 11.3. The van der Waals surface area contributed by atoms with Gasteiger partial charge in [0.25, 0.3) is 0 Å². The quantitative estimate of drug-likeness (QED) is 0.468. The van der Waals surface area contributed by atoms with Gasteiger partial charge in [0.1, 0.15) is 5.82 Å². The molecule has 0 atom stereocenters. The molecule has 32 heavy (non-hydrogen) atoms. The van der Waals surface area contributed by atoms with Crippen molar-refractivity contribution in [3.63, 3.8) is 0 Å². The minimum Gasteiger partial charge on any atom is -0.375 e. The number of hydrogen-bond acceptors (Lipinski definition) is 9. The SMILES string of the molecule is CN1CCN(c2cc(C(=O)Cc3cc4cc(-c5cnc(N)s5)cnc4cn3)ccn2)CC1. The number of Topliss-reactive ketones (excluding diaryl/α,β-unsaturated/α-hetero) is 1. The van der Waals surface area contributed by atoms with Crippen LogP contribution in [0.15, 0.2) is 49.1 Å². The Balaban J connectivity index is 1.36. The third-order valence-electron chi connectivity index (χ3n) is 5.67. The highest BCUT2D eigenvalue weighted by atomic mass is 32.1. The Kier molecular flexibility index (Phi) is 5.50. The predicted molar refractivity (Wildman–Crippen MR) is 127 cm³/mol. The van der Waals surface area contributed by atoms with Gasteiger partial charge in [-0.25, -0.2) is 9.97 Å². The Labute approximate surface area is 189 Å². The van der Waals surface area contributed by atoms with Crippen LogP contribution < -0.4 is 10.6 Å². The average molecular weight is 446 g/mol. The summed E-state index contributed by atoms with van der Waals surface area (Å²) in [5.74, 6) is 0.877. The van der Waals surface area contributed by atoms with Gasteiger partial charge in [-0.3, -0.25) is 14.8 Å². The Morgan fingerprint density at radius 2 is 1.88 bits per heavy atom. The van der Waals surface area contributed by atoms with Crippen molar-refractivity contribution in [2.45, 2.75) is 6.42 Å². The van der Waals surface area contributed by atoms with E-state index in [1.165, 1.54) is 11.3 Å². The number of anilines is 2. The lowest BCUT2D eigenvalue weighted by molar-refractivity contribution is 0.0992. The van der Waals surface area contributed by atoms with Gasteiger partial charge in [-0.2, -0.15) is 0 Å². The van der Waals surface area contributed by atoms with Crippen LogP contribution >= 0.6 is 11.3 Å². The highest BCUT2D eigenvalue weighted by molar-refractivity contribution is 7.18. The van der Waals surface area contributed by atoms with Gasteiger partial charge >= 0.3 is 0 Å². The number of pyridine rings is 3. The Bertz CT molecular complexity index is 1280. The molecule has 0 amide bonds. The maximum Gasteiger partial charge on any atom is 0.180 e. The number of rotatable bonds is 5. The summed E-state index contributed by atoms with van der Waals surface area (Å²) in [6, 6.07) is 7.62. The molecule has 1 aliphatic heterocycles. The largest absolute Gasteiger partial charge is 0.375 e. The summed E-state index contributed by atoms with van der Waals surface area (Å²) in [7, 11) is 2.12. The molecule has 4 aromatic rings. The van der Waals surface area contributed by atoms with Crippen LogP contribution in [0.1, 0.15) is 16.1 Å². The molecule has 0 radical (unpaired) electrons. The van der Waals surface area contributed by atoms with Crippen LogP contribution in [0.25, 0.3) is 21.3 Å². The number of nitrogens with zero attached hydrogens (tertiary/aromatic N) is 6. The zero-order valence-electron chi connectivity index (χ0n) is 17.7. The minimum atomic E-state index is 0.0222. The number of piperazine rings is 1. The van der Waals surface area contributed by atoms with Gasteiger partial charge in [0.15, 0.2) is 10.9 Å². The molecule has 0 unspecified atom stereocenters. The third-order valence-corrected chi connectivity index (χ3v) is 6.54. The van der Waals surface area contributed by atoms with Crippen LogP contribution in [0.3, 0.4) is 0 Å². The molecule has 0 bridgehead atoms. The molecule has 1 aliphatic rings. The lowest BCUT2D eigenvalue weighted by atomic mass is 10.1. The van der Waals surface area contributed by atoms with E-state index < -0.39 is 0 Å². The molecule has 4 aromatic heterocycles. The molecule has 0 aliphatic carbocycles. The van der Waals surface area contributed by atoms with Crippen molar-refractivity contribution < 1.29 is 4.79 Å². The van der Waals surface area contributed by atoms with E-state index in [4.69, 9.17) is 5.73 Å². The standard InChI is InChI=1S/C23H23N7OS/c1-29-4-6-30(7-5-29)22-10-15(2-3-25-22)20(31)11-18-9-16-8-17(12-27-19(16)13-26-18)21-14-28-23(24)32-21/h2-3,8-10,12-14H,4-7,11H2,1H3,(H2,24,28). The third kappa shape index (κ3) is 4.30. The monoisotopic (exact) mass is 445 g/mol. The normalized spacial score (nSPS) is 14.7. The van der Waals surface area contributed by atoms with Gasteiger partial charge in [0.05, 0.1) is 23.0 Å². The van der Waals surface area contributed by atoms with Gasteiger partial charge in [-0.15, -0.1) is 0 Å².